The molecule has 5 nitrogen and oxygen atoms in total. The number of carboxylic acids is 1. The average molecular weight is 421 g/mol. The minimum atomic E-state index is -1.11. The van der Waals surface area contributed by atoms with Crippen molar-refractivity contribution in [3.63, 3.8) is 0 Å². The molecule has 1 heterocycles. The number of carboxylic acid groups (broad SMARTS) is 1. The summed E-state index contributed by atoms with van der Waals surface area (Å²) in [5, 5.41) is 15.8. The SMILES string of the molecule is O=C(NCc1ccccc1Cl)Nc1cc(-c2ccc(Cl)cc2)sc1C(=O)O. The van der Waals surface area contributed by atoms with Crippen LogP contribution in [0.4, 0.5) is 10.5 Å². The first-order valence-electron chi connectivity index (χ1n) is 7.85. The van der Waals surface area contributed by atoms with Crippen molar-refractivity contribution in [3.05, 3.63) is 75.1 Å². The Morgan fingerprint density at radius 3 is 2.41 bits per heavy atom. The zero-order valence-corrected chi connectivity index (χ0v) is 16.2. The Labute approximate surface area is 169 Å². The molecule has 0 fully saturated rings. The van der Waals surface area contributed by atoms with Crippen LogP contribution in [-0.2, 0) is 6.54 Å². The first-order chi connectivity index (χ1) is 12.9. The largest absolute Gasteiger partial charge is 0.477 e. The Kier molecular flexibility index (Phi) is 6.01. The van der Waals surface area contributed by atoms with E-state index in [2.05, 4.69) is 10.6 Å². The number of hydrogen-bond acceptors (Lipinski definition) is 3. The van der Waals surface area contributed by atoms with Gasteiger partial charge in [0.15, 0.2) is 0 Å². The molecule has 27 heavy (non-hydrogen) atoms. The molecule has 0 aliphatic heterocycles. The third-order valence-electron chi connectivity index (χ3n) is 3.70. The van der Waals surface area contributed by atoms with Crippen LogP contribution in [-0.4, -0.2) is 17.1 Å². The van der Waals surface area contributed by atoms with E-state index in [0.717, 1.165) is 22.5 Å². The molecule has 138 valence electrons. The van der Waals surface area contributed by atoms with Gasteiger partial charge in [0.05, 0.1) is 5.69 Å². The molecule has 0 atom stereocenters. The van der Waals surface area contributed by atoms with Crippen LogP contribution < -0.4 is 10.6 Å². The highest BCUT2D eigenvalue weighted by molar-refractivity contribution is 7.18. The van der Waals surface area contributed by atoms with Crippen LogP contribution in [0.2, 0.25) is 10.0 Å². The molecular formula is C19H14Cl2N2O3S. The van der Waals surface area contributed by atoms with E-state index in [0.29, 0.717) is 14.9 Å². The summed E-state index contributed by atoms with van der Waals surface area (Å²) >= 11 is 13.0. The van der Waals surface area contributed by atoms with Crippen molar-refractivity contribution in [3.8, 4) is 10.4 Å². The number of halogens is 2. The lowest BCUT2D eigenvalue weighted by atomic mass is 10.2. The smallest absolute Gasteiger partial charge is 0.348 e. The summed E-state index contributed by atoms with van der Waals surface area (Å²) < 4.78 is 0. The van der Waals surface area contributed by atoms with Crippen LogP contribution in [0, 0.1) is 0 Å². The van der Waals surface area contributed by atoms with Crippen molar-refractivity contribution in [2.24, 2.45) is 0 Å². The minimum Gasteiger partial charge on any atom is -0.477 e. The molecule has 0 saturated heterocycles. The molecule has 0 bridgehead atoms. The Hall–Kier alpha value is -2.54. The highest BCUT2D eigenvalue weighted by Crippen LogP contribution is 2.35. The summed E-state index contributed by atoms with van der Waals surface area (Å²) in [5.41, 5.74) is 1.81. The first kappa shape index (κ1) is 19.2. The maximum absolute atomic E-state index is 12.2. The predicted molar refractivity (Wildman–Crippen MR) is 109 cm³/mol. The molecule has 0 saturated carbocycles. The number of amides is 2. The number of rotatable bonds is 5. The van der Waals surface area contributed by atoms with Crippen molar-refractivity contribution in [1.29, 1.82) is 0 Å². The van der Waals surface area contributed by atoms with Crippen molar-refractivity contribution in [2.75, 3.05) is 5.32 Å². The van der Waals surface area contributed by atoms with Crippen LogP contribution in [0.25, 0.3) is 10.4 Å². The summed E-state index contributed by atoms with van der Waals surface area (Å²) in [7, 11) is 0. The second-order valence-electron chi connectivity index (χ2n) is 5.56. The van der Waals surface area contributed by atoms with E-state index < -0.39 is 12.0 Å². The van der Waals surface area contributed by atoms with Gasteiger partial charge in [-0.25, -0.2) is 9.59 Å². The summed E-state index contributed by atoms with van der Waals surface area (Å²) in [6.07, 6.45) is 0. The Morgan fingerprint density at radius 2 is 1.74 bits per heavy atom. The fourth-order valence-corrected chi connectivity index (χ4v) is 3.67. The van der Waals surface area contributed by atoms with Crippen molar-refractivity contribution < 1.29 is 14.7 Å². The number of aromatic carboxylic acids is 1. The van der Waals surface area contributed by atoms with E-state index in [1.165, 1.54) is 0 Å². The van der Waals surface area contributed by atoms with Gasteiger partial charge in [0.2, 0.25) is 0 Å². The summed E-state index contributed by atoms with van der Waals surface area (Å²) in [6.45, 7) is 0.224. The molecule has 3 rings (SSSR count). The number of carbonyl (C=O) groups excluding carboxylic acids is 1. The third kappa shape index (κ3) is 4.80. The molecule has 0 aliphatic rings. The van der Waals surface area contributed by atoms with Gasteiger partial charge in [-0.15, -0.1) is 11.3 Å². The number of anilines is 1. The van der Waals surface area contributed by atoms with E-state index in [9.17, 15) is 14.7 Å². The molecule has 2 amide bonds. The van der Waals surface area contributed by atoms with Gasteiger partial charge in [0.25, 0.3) is 0 Å². The van der Waals surface area contributed by atoms with Gasteiger partial charge >= 0.3 is 12.0 Å². The van der Waals surface area contributed by atoms with Crippen LogP contribution in [0.15, 0.2) is 54.6 Å². The second kappa shape index (κ2) is 8.43. The summed E-state index contributed by atoms with van der Waals surface area (Å²) in [4.78, 5) is 24.5. The molecule has 2 aromatic carbocycles. The fourth-order valence-electron chi connectivity index (χ4n) is 2.38. The van der Waals surface area contributed by atoms with Gasteiger partial charge in [0, 0.05) is 21.5 Å². The molecule has 8 heteroatoms. The van der Waals surface area contributed by atoms with Gasteiger partial charge in [-0.1, -0.05) is 53.5 Å². The molecule has 3 N–H and O–H groups in total. The van der Waals surface area contributed by atoms with Crippen LogP contribution in [0.1, 0.15) is 15.2 Å². The monoisotopic (exact) mass is 420 g/mol. The molecule has 0 aliphatic carbocycles. The number of carbonyl (C=O) groups is 2. The van der Waals surface area contributed by atoms with Crippen molar-refractivity contribution >= 4 is 52.2 Å². The molecular weight excluding hydrogens is 407 g/mol. The van der Waals surface area contributed by atoms with Gasteiger partial charge in [0.1, 0.15) is 4.88 Å². The van der Waals surface area contributed by atoms with E-state index in [4.69, 9.17) is 23.2 Å². The van der Waals surface area contributed by atoms with E-state index >= 15 is 0 Å². The van der Waals surface area contributed by atoms with Gasteiger partial charge in [-0.05, 0) is 35.4 Å². The number of thiophene rings is 1. The summed E-state index contributed by atoms with van der Waals surface area (Å²) in [5.74, 6) is -1.11. The lowest BCUT2D eigenvalue weighted by Gasteiger charge is -2.08. The molecule has 3 aromatic rings. The van der Waals surface area contributed by atoms with E-state index in [1.54, 1.807) is 48.5 Å². The first-order valence-corrected chi connectivity index (χ1v) is 9.42. The maximum atomic E-state index is 12.2. The number of nitrogens with one attached hydrogen (secondary N) is 2. The topological polar surface area (TPSA) is 78.4 Å². The average Bonchev–Trinajstić information content (AvgIpc) is 3.05. The minimum absolute atomic E-state index is 0.0489. The van der Waals surface area contributed by atoms with Crippen LogP contribution in [0.5, 0.6) is 0 Å². The highest BCUT2D eigenvalue weighted by Gasteiger charge is 2.18. The lowest BCUT2D eigenvalue weighted by Crippen LogP contribution is -2.28. The Morgan fingerprint density at radius 1 is 1.04 bits per heavy atom. The lowest BCUT2D eigenvalue weighted by molar-refractivity contribution is 0.0703. The number of hydrogen-bond donors (Lipinski definition) is 3. The second-order valence-corrected chi connectivity index (χ2v) is 7.46. The fraction of sp³-hybridized carbons (Fsp3) is 0.0526. The number of benzene rings is 2. The van der Waals surface area contributed by atoms with Gasteiger partial charge in [-0.3, -0.25) is 0 Å². The zero-order chi connectivity index (χ0) is 19.4. The Bertz CT molecular complexity index is 987. The quantitative estimate of drug-likeness (QED) is 0.492. The summed E-state index contributed by atoms with van der Waals surface area (Å²) in [6, 6.07) is 15.3. The van der Waals surface area contributed by atoms with Crippen molar-refractivity contribution in [2.45, 2.75) is 6.54 Å². The van der Waals surface area contributed by atoms with E-state index in [1.807, 2.05) is 6.07 Å². The normalized spacial score (nSPS) is 10.4. The van der Waals surface area contributed by atoms with Gasteiger partial charge < -0.3 is 15.7 Å². The van der Waals surface area contributed by atoms with Crippen LogP contribution >= 0.6 is 34.5 Å². The maximum Gasteiger partial charge on any atom is 0.348 e. The predicted octanol–water partition coefficient (Wildman–Crippen LogP) is 5.74. The van der Waals surface area contributed by atoms with Crippen LogP contribution in [0.3, 0.4) is 0 Å². The third-order valence-corrected chi connectivity index (χ3v) is 5.49. The Balaban J connectivity index is 1.75. The number of urea groups is 1. The standard InChI is InChI=1S/C19H14Cl2N2O3S/c20-13-7-5-11(6-8-13)16-9-15(17(27-16)18(24)25)23-19(26)22-10-12-3-1-2-4-14(12)21/h1-9H,10H2,(H,24,25)(H2,22,23,26). The van der Waals surface area contributed by atoms with E-state index in [-0.39, 0.29) is 17.1 Å². The highest BCUT2D eigenvalue weighted by atomic mass is 35.5. The molecule has 0 unspecified atom stereocenters. The molecule has 0 spiro atoms. The molecule has 1 aromatic heterocycles. The zero-order valence-electron chi connectivity index (χ0n) is 13.8. The van der Waals surface area contributed by atoms with Gasteiger partial charge in [-0.2, -0.15) is 0 Å². The van der Waals surface area contributed by atoms with Crippen molar-refractivity contribution in [1.82, 2.24) is 5.32 Å². The molecule has 0 radical (unpaired) electrons.